The molecule has 0 aromatic carbocycles. The molecule has 0 aliphatic rings. The summed E-state index contributed by atoms with van der Waals surface area (Å²) in [6.07, 6.45) is 4.14. The number of aryl methyl sites for hydroxylation is 1. The molecule has 0 radical (unpaired) electrons. The average molecular weight is 408 g/mol. The lowest BCUT2D eigenvalue weighted by Gasteiger charge is -2.12. The van der Waals surface area contributed by atoms with Gasteiger partial charge in [-0.1, -0.05) is 13.8 Å². The van der Waals surface area contributed by atoms with Crippen LogP contribution in [0.5, 0.6) is 0 Å². The van der Waals surface area contributed by atoms with Crippen molar-refractivity contribution in [2.45, 2.75) is 53.6 Å². The SMILES string of the molecule is CCNC(=NCc1nncn1CC)NCCCC(C)C.I. The molecule has 0 spiro atoms. The predicted octanol–water partition coefficient (Wildman–Crippen LogP) is 2.41. The molecule has 0 aliphatic heterocycles. The molecule has 2 N–H and O–H groups in total. The average Bonchev–Trinajstić information content (AvgIpc) is 2.87. The zero-order valence-corrected chi connectivity index (χ0v) is 15.9. The summed E-state index contributed by atoms with van der Waals surface area (Å²) in [5.41, 5.74) is 0. The maximum absolute atomic E-state index is 4.55. The summed E-state index contributed by atoms with van der Waals surface area (Å²) in [7, 11) is 0. The summed E-state index contributed by atoms with van der Waals surface area (Å²) >= 11 is 0. The van der Waals surface area contributed by atoms with Crippen molar-refractivity contribution < 1.29 is 0 Å². The fraction of sp³-hybridized carbons (Fsp3) is 0.786. The van der Waals surface area contributed by atoms with Crippen molar-refractivity contribution in [2.24, 2.45) is 10.9 Å². The zero-order chi connectivity index (χ0) is 14.8. The van der Waals surface area contributed by atoms with Gasteiger partial charge in [-0.25, -0.2) is 4.99 Å². The summed E-state index contributed by atoms with van der Waals surface area (Å²) in [6, 6.07) is 0. The minimum atomic E-state index is 0. The second-order valence-corrected chi connectivity index (χ2v) is 5.19. The van der Waals surface area contributed by atoms with Gasteiger partial charge in [-0.2, -0.15) is 0 Å². The highest BCUT2D eigenvalue weighted by atomic mass is 127. The summed E-state index contributed by atoms with van der Waals surface area (Å²) in [5.74, 6) is 2.49. The second-order valence-electron chi connectivity index (χ2n) is 5.19. The van der Waals surface area contributed by atoms with Crippen molar-refractivity contribution in [2.75, 3.05) is 13.1 Å². The van der Waals surface area contributed by atoms with Crippen LogP contribution in [-0.2, 0) is 13.1 Å². The lowest BCUT2D eigenvalue weighted by molar-refractivity contribution is 0.549. The molecule has 6 nitrogen and oxygen atoms in total. The quantitative estimate of drug-likeness (QED) is 0.300. The standard InChI is InChI=1S/C14H28N6.HI/c1-5-15-14(16-9-7-8-12(3)4)17-10-13-19-18-11-20(13)6-2;/h11-12H,5-10H2,1-4H3,(H2,15,16,17);1H. The third kappa shape index (κ3) is 8.23. The minimum Gasteiger partial charge on any atom is -0.357 e. The smallest absolute Gasteiger partial charge is 0.191 e. The number of nitrogens with one attached hydrogen (secondary N) is 2. The number of aromatic nitrogens is 3. The maximum Gasteiger partial charge on any atom is 0.191 e. The van der Waals surface area contributed by atoms with Crippen molar-refractivity contribution in [3.05, 3.63) is 12.2 Å². The van der Waals surface area contributed by atoms with Crippen molar-refractivity contribution in [3.8, 4) is 0 Å². The Balaban J connectivity index is 0.00000400. The first-order chi connectivity index (χ1) is 9.67. The molecule has 1 aromatic rings. The van der Waals surface area contributed by atoms with Gasteiger partial charge in [0.05, 0.1) is 0 Å². The molecule has 1 heterocycles. The van der Waals surface area contributed by atoms with Gasteiger partial charge in [-0.05, 0) is 32.6 Å². The van der Waals surface area contributed by atoms with Gasteiger partial charge in [-0.15, -0.1) is 34.2 Å². The van der Waals surface area contributed by atoms with E-state index in [0.717, 1.165) is 43.8 Å². The Hall–Kier alpha value is -0.860. The Bertz CT molecular complexity index is 402. The Morgan fingerprint density at radius 3 is 2.71 bits per heavy atom. The van der Waals surface area contributed by atoms with E-state index in [1.807, 2.05) is 4.57 Å². The van der Waals surface area contributed by atoms with Crippen molar-refractivity contribution in [1.82, 2.24) is 25.4 Å². The van der Waals surface area contributed by atoms with E-state index in [4.69, 9.17) is 0 Å². The lowest BCUT2D eigenvalue weighted by Crippen LogP contribution is -2.37. The molecule has 0 fully saturated rings. The van der Waals surface area contributed by atoms with E-state index in [1.165, 1.54) is 6.42 Å². The first-order valence-electron chi connectivity index (χ1n) is 7.56. The Labute approximate surface area is 145 Å². The van der Waals surface area contributed by atoms with Gasteiger partial charge in [0.15, 0.2) is 11.8 Å². The van der Waals surface area contributed by atoms with Crippen molar-refractivity contribution >= 4 is 29.9 Å². The van der Waals surface area contributed by atoms with Crippen LogP contribution in [0.15, 0.2) is 11.3 Å². The molecule has 0 bridgehead atoms. The van der Waals surface area contributed by atoms with Gasteiger partial charge in [-0.3, -0.25) is 0 Å². The number of rotatable bonds is 8. The van der Waals surface area contributed by atoms with Gasteiger partial charge in [0.1, 0.15) is 12.9 Å². The van der Waals surface area contributed by atoms with E-state index in [1.54, 1.807) is 6.33 Å². The van der Waals surface area contributed by atoms with Gasteiger partial charge in [0, 0.05) is 19.6 Å². The monoisotopic (exact) mass is 408 g/mol. The molecule has 0 amide bonds. The first-order valence-corrected chi connectivity index (χ1v) is 7.56. The van der Waals surface area contributed by atoms with Crippen LogP contribution in [0, 0.1) is 5.92 Å². The van der Waals surface area contributed by atoms with Crippen molar-refractivity contribution in [3.63, 3.8) is 0 Å². The molecule has 0 saturated heterocycles. The first kappa shape index (κ1) is 20.1. The number of hydrogen-bond donors (Lipinski definition) is 2. The van der Waals surface area contributed by atoms with E-state index in [2.05, 4.69) is 53.5 Å². The van der Waals surface area contributed by atoms with Gasteiger partial charge < -0.3 is 15.2 Å². The fourth-order valence-electron chi connectivity index (χ4n) is 1.87. The predicted molar refractivity (Wildman–Crippen MR) is 98.0 cm³/mol. The van der Waals surface area contributed by atoms with Crippen LogP contribution >= 0.6 is 24.0 Å². The largest absolute Gasteiger partial charge is 0.357 e. The van der Waals surface area contributed by atoms with E-state index >= 15 is 0 Å². The van der Waals surface area contributed by atoms with E-state index < -0.39 is 0 Å². The molecule has 7 heteroatoms. The van der Waals surface area contributed by atoms with Crippen molar-refractivity contribution in [1.29, 1.82) is 0 Å². The third-order valence-electron chi connectivity index (χ3n) is 3.01. The van der Waals surface area contributed by atoms with E-state index in [0.29, 0.717) is 6.54 Å². The molecule has 21 heavy (non-hydrogen) atoms. The highest BCUT2D eigenvalue weighted by molar-refractivity contribution is 14.0. The minimum absolute atomic E-state index is 0. The number of guanidine groups is 1. The van der Waals surface area contributed by atoms with Crippen LogP contribution in [0.3, 0.4) is 0 Å². The molecule has 0 saturated carbocycles. The summed E-state index contributed by atoms with van der Waals surface area (Å²) in [6.45, 7) is 11.9. The summed E-state index contributed by atoms with van der Waals surface area (Å²) in [5, 5.41) is 14.6. The van der Waals surface area contributed by atoms with E-state index in [9.17, 15) is 0 Å². The van der Waals surface area contributed by atoms with Crippen LogP contribution in [0.2, 0.25) is 0 Å². The third-order valence-corrected chi connectivity index (χ3v) is 3.01. The van der Waals surface area contributed by atoms with Crippen LogP contribution in [0.4, 0.5) is 0 Å². The van der Waals surface area contributed by atoms with Crippen LogP contribution in [-0.4, -0.2) is 33.8 Å². The molecule has 1 rings (SSSR count). The van der Waals surface area contributed by atoms with Crippen LogP contribution in [0.1, 0.15) is 46.4 Å². The van der Waals surface area contributed by atoms with Gasteiger partial charge in [0.2, 0.25) is 0 Å². The lowest BCUT2D eigenvalue weighted by atomic mass is 10.1. The number of aliphatic imine (C=N–C) groups is 1. The Morgan fingerprint density at radius 1 is 1.33 bits per heavy atom. The fourth-order valence-corrected chi connectivity index (χ4v) is 1.87. The normalized spacial score (nSPS) is 11.4. The van der Waals surface area contributed by atoms with Gasteiger partial charge in [0.25, 0.3) is 0 Å². The highest BCUT2D eigenvalue weighted by Crippen LogP contribution is 2.01. The Morgan fingerprint density at radius 2 is 2.10 bits per heavy atom. The van der Waals surface area contributed by atoms with E-state index in [-0.39, 0.29) is 24.0 Å². The topological polar surface area (TPSA) is 67.1 Å². The summed E-state index contributed by atoms with van der Waals surface area (Å²) < 4.78 is 2.01. The zero-order valence-electron chi connectivity index (χ0n) is 13.6. The maximum atomic E-state index is 4.55. The van der Waals surface area contributed by atoms with Gasteiger partial charge >= 0.3 is 0 Å². The van der Waals surface area contributed by atoms with Crippen LogP contribution < -0.4 is 10.6 Å². The number of nitrogens with zero attached hydrogens (tertiary/aromatic N) is 4. The Kier molecular flexibility index (Phi) is 11.3. The summed E-state index contributed by atoms with van der Waals surface area (Å²) in [4.78, 5) is 4.55. The molecule has 122 valence electrons. The molecule has 0 aliphatic carbocycles. The number of hydrogen-bond acceptors (Lipinski definition) is 3. The molecular formula is C14H29IN6. The number of halogens is 1. The van der Waals surface area contributed by atoms with Crippen LogP contribution in [0.25, 0.3) is 0 Å². The molecule has 1 aromatic heterocycles. The molecular weight excluding hydrogens is 379 g/mol. The second kappa shape index (κ2) is 11.8. The molecule has 0 atom stereocenters. The molecule has 0 unspecified atom stereocenters. The highest BCUT2D eigenvalue weighted by Gasteiger charge is 2.03.